The van der Waals surface area contributed by atoms with Gasteiger partial charge in [0.1, 0.15) is 0 Å². The Hall–Kier alpha value is -1.06. The Balaban J connectivity index is 0.00000176. The molecule has 0 saturated carbocycles. The molecule has 3 rings (SSSR count). The van der Waals surface area contributed by atoms with E-state index in [4.69, 9.17) is 0 Å². The zero-order valence-electron chi connectivity index (χ0n) is 13.4. The summed E-state index contributed by atoms with van der Waals surface area (Å²) >= 11 is 0. The number of fused-ring (bicyclic) bond motifs is 1. The lowest BCUT2D eigenvalue weighted by Crippen LogP contribution is -2.33. The van der Waals surface area contributed by atoms with E-state index < -0.39 is 0 Å². The summed E-state index contributed by atoms with van der Waals surface area (Å²) in [6.07, 6.45) is 7.94. The van der Waals surface area contributed by atoms with Gasteiger partial charge in [0.15, 0.2) is 0 Å². The van der Waals surface area contributed by atoms with E-state index in [-0.39, 0.29) is 24.4 Å². The average Bonchev–Trinajstić information content (AvgIpc) is 2.99. The van der Waals surface area contributed by atoms with Crippen molar-refractivity contribution < 1.29 is 4.79 Å². The fourth-order valence-corrected chi connectivity index (χ4v) is 3.56. The first-order chi connectivity index (χ1) is 10.2. The molecular formula is C18H27ClN2O. The zero-order valence-corrected chi connectivity index (χ0v) is 14.2. The van der Waals surface area contributed by atoms with Crippen molar-refractivity contribution in [3.05, 3.63) is 34.9 Å². The largest absolute Gasteiger partial charge is 0.350 e. The zero-order chi connectivity index (χ0) is 14.7. The molecule has 1 saturated heterocycles. The van der Waals surface area contributed by atoms with Gasteiger partial charge in [-0.05, 0) is 68.7 Å². The first-order valence-corrected chi connectivity index (χ1v) is 8.37. The molecule has 22 heavy (non-hydrogen) atoms. The summed E-state index contributed by atoms with van der Waals surface area (Å²) in [5.74, 6) is 0.166. The molecule has 0 aromatic heterocycles. The van der Waals surface area contributed by atoms with Crippen LogP contribution in [0.2, 0.25) is 0 Å². The highest BCUT2D eigenvalue weighted by molar-refractivity contribution is 5.85. The van der Waals surface area contributed by atoms with Gasteiger partial charge in [0, 0.05) is 12.5 Å². The van der Waals surface area contributed by atoms with Crippen LogP contribution in [0.3, 0.4) is 0 Å². The number of nitrogens with one attached hydrogen (secondary N) is 2. The third-order valence-electron chi connectivity index (χ3n) is 4.84. The minimum absolute atomic E-state index is 0. The van der Waals surface area contributed by atoms with Gasteiger partial charge in [-0.2, -0.15) is 0 Å². The van der Waals surface area contributed by atoms with E-state index in [2.05, 4.69) is 35.8 Å². The van der Waals surface area contributed by atoms with Crippen LogP contribution in [-0.4, -0.2) is 18.5 Å². The Kier molecular flexibility index (Phi) is 6.27. The van der Waals surface area contributed by atoms with Gasteiger partial charge in [-0.15, -0.1) is 12.4 Å². The lowest BCUT2D eigenvalue weighted by atomic mass is 9.89. The highest BCUT2D eigenvalue weighted by Gasteiger charge is 2.19. The summed E-state index contributed by atoms with van der Waals surface area (Å²) in [6, 6.07) is 7.22. The van der Waals surface area contributed by atoms with E-state index >= 15 is 0 Å². The van der Waals surface area contributed by atoms with Crippen LogP contribution in [0.15, 0.2) is 18.2 Å². The van der Waals surface area contributed by atoms with Gasteiger partial charge in [-0.3, -0.25) is 4.79 Å². The first-order valence-electron chi connectivity index (χ1n) is 8.37. The van der Waals surface area contributed by atoms with E-state index in [1.54, 1.807) is 0 Å². The van der Waals surface area contributed by atoms with Crippen LogP contribution in [0.25, 0.3) is 0 Å². The molecule has 1 aromatic rings. The Morgan fingerprint density at radius 2 is 2.05 bits per heavy atom. The van der Waals surface area contributed by atoms with Crippen LogP contribution in [-0.2, 0) is 17.6 Å². The van der Waals surface area contributed by atoms with Crippen LogP contribution in [0.1, 0.15) is 61.8 Å². The van der Waals surface area contributed by atoms with Gasteiger partial charge in [0.05, 0.1) is 6.04 Å². The van der Waals surface area contributed by atoms with E-state index in [1.165, 1.54) is 48.8 Å². The molecule has 122 valence electrons. The molecule has 0 spiro atoms. The molecule has 0 bridgehead atoms. The molecule has 1 aromatic carbocycles. The number of aryl methyl sites for hydroxylation is 2. The van der Waals surface area contributed by atoms with Crippen LogP contribution >= 0.6 is 12.4 Å². The number of halogens is 1. The fourth-order valence-electron chi connectivity index (χ4n) is 3.56. The minimum Gasteiger partial charge on any atom is -0.350 e. The van der Waals surface area contributed by atoms with Gasteiger partial charge >= 0.3 is 0 Å². The van der Waals surface area contributed by atoms with Crippen molar-refractivity contribution in [2.75, 3.05) is 6.54 Å². The minimum atomic E-state index is 0. The van der Waals surface area contributed by atoms with Crippen molar-refractivity contribution in [3.63, 3.8) is 0 Å². The molecule has 2 atom stereocenters. The molecule has 1 fully saturated rings. The number of carbonyl (C=O) groups excluding carboxylic acids is 1. The second kappa shape index (κ2) is 7.98. The van der Waals surface area contributed by atoms with Crippen LogP contribution < -0.4 is 10.6 Å². The summed E-state index contributed by atoms with van der Waals surface area (Å²) in [7, 11) is 0. The normalized spacial score (nSPS) is 21.6. The van der Waals surface area contributed by atoms with E-state index in [0.717, 1.165) is 13.0 Å². The average molecular weight is 323 g/mol. The number of hydrogen-bond donors (Lipinski definition) is 2. The lowest BCUT2D eigenvalue weighted by molar-refractivity contribution is -0.122. The van der Waals surface area contributed by atoms with E-state index in [0.29, 0.717) is 12.5 Å². The number of hydrogen-bond acceptors (Lipinski definition) is 2. The monoisotopic (exact) mass is 322 g/mol. The molecule has 1 heterocycles. The molecule has 1 aliphatic heterocycles. The third-order valence-corrected chi connectivity index (χ3v) is 4.84. The number of amides is 1. The fraction of sp³-hybridized carbons (Fsp3) is 0.611. The SMILES string of the molecule is CC(NC(=O)CC1CCCN1)c1ccc2c(c1)CCCC2.Cl. The Labute approximate surface area is 139 Å². The van der Waals surface area contributed by atoms with Crippen LogP contribution in [0.5, 0.6) is 0 Å². The van der Waals surface area contributed by atoms with Crippen molar-refractivity contribution in [1.29, 1.82) is 0 Å². The maximum absolute atomic E-state index is 12.1. The molecule has 2 aliphatic rings. The summed E-state index contributed by atoms with van der Waals surface area (Å²) in [6.45, 7) is 3.14. The molecule has 2 unspecified atom stereocenters. The molecule has 1 aliphatic carbocycles. The van der Waals surface area contributed by atoms with Crippen molar-refractivity contribution in [3.8, 4) is 0 Å². The number of benzene rings is 1. The molecule has 4 heteroatoms. The van der Waals surface area contributed by atoms with Gasteiger partial charge < -0.3 is 10.6 Å². The van der Waals surface area contributed by atoms with E-state index in [1.807, 2.05) is 0 Å². The van der Waals surface area contributed by atoms with Crippen molar-refractivity contribution in [2.24, 2.45) is 0 Å². The standard InChI is InChI=1S/C18H26N2O.ClH/c1-13(20-18(21)12-17-7-4-10-19-17)15-9-8-14-5-2-3-6-16(14)11-15;/h8-9,11,13,17,19H,2-7,10,12H2,1H3,(H,20,21);1H. The predicted molar refractivity (Wildman–Crippen MR) is 92.5 cm³/mol. The summed E-state index contributed by atoms with van der Waals surface area (Å²) in [5, 5.41) is 6.53. The lowest BCUT2D eigenvalue weighted by Gasteiger charge is -2.20. The molecule has 0 radical (unpaired) electrons. The van der Waals surface area contributed by atoms with Gasteiger partial charge in [0.2, 0.25) is 5.91 Å². The maximum atomic E-state index is 12.1. The smallest absolute Gasteiger partial charge is 0.222 e. The molecule has 3 nitrogen and oxygen atoms in total. The first kappa shape index (κ1) is 17.3. The summed E-state index contributed by atoms with van der Waals surface area (Å²) in [4.78, 5) is 12.1. The van der Waals surface area contributed by atoms with Gasteiger partial charge in [0.25, 0.3) is 0 Å². The van der Waals surface area contributed by atoms with Crippen LogP contribution in [0, 0.1) is 0 Å². The topological polar surface area (TPSA) is 41.1 Å². The van der Waals surface area contributed by atoms with Gasteiger partial charge in [-0.1, -0.05) is 18.2 Å². The Morgan fingerprint density at radius 1 is 1.27 bits per heavy atom. The quantitative estimate of drug-likeness (QED) is 0.893. The number of carbonyl (C=O) groups is 1. The molecule has 2 N–H and O–H groups in total. The second-order valence-electron chi connectivity index (χ2n) is 6.52. The van der Waals surface area contributed by atoms with Crippen LogP contribution in [0.4, 0.5) is 0 Å². The highest BCUT2D eigenvalue weighted by atomic mass is 35.5. The Bertz CT molecular complexity index is 512. The molecular weight excluding hydrogens is 296 g/mol. The predicted octanol–water partition coefficient (Wildman–Crippen LogP) is 3.31. The molecule has 1 amide bonds. The second-order valence-corrected chi connectivity index (χ2v) is 6.52. The Morgan fingerprint density at radius 3 is 2.77 bits per heavy atom. The van der Waals surface area contributed by atoms with Crippen molar-refractivity contribution >= 4 is 18.3 Å². The highest BCUT2D eigenvalue weighted by Crippen LogP contribution is 2.24. The van der Waals surface area contributed by atoms with Crippen molar-refractivity contribution in [1.82, 2.24) is 10.6 Å². The number of rotatable bonds is 4. The van der Waals surface area contributed by atoms with E-state index in [9.17, 15) is 4.79 Å². The van der Waals surface area contributed by atoms with Gasteiger partial charge in [-0.25, -0.2) is 0 Å². The van der Waals surface area contributed by atoms with Crippen molar-refractivity contribution in [2.45, 2.75) is 64.0 Å². The maximum Gasteiger partial charge on any atom is 0.222 e. The summed E-state index contributed by atoms with van der Waals surface area (Å²) < 4.78 is 0. The third kappa shape index (κ3) is 4.23. The summed E-state index contributed by atoms with van der Waals surface area (Å²) in [5.41, 5.74) is 4.22.